The van der Waals surface area contributed by atoms with Gasteiger partial charge < -0.3 is 9.64 Å². The molecule has 4 rings (SSSR count). The normalized spacial score (nSPS) is 31.6. The Hall–Kier alpha value is -1.62. The largest absolute Gasteiger partial charge is 0.368 e. The molecule has 5 nitrogen and oxygen atoms in total. The lowest BCUT2D eigenvalue weighted by molar-refractivity contribution is -0.143. The Kier molecular flexibility index (Phi) is 3.10. The predicted molar refractivity (Wildman–Crippen MR) is 78.4 cm³/mol. The third-order valence-electron chi connectivity index (χ3n) is 5.00. The van der Waals surface area contributed by atoms with E-state index in [-0.39, 0.29) is 18.1 Å². The lowest BCUT2D eigenvalue weighted by atomic mass is 9.97. The van der Waals surface area contributed by atoms with Crippen molar-refractivity contribution in [1.82, 2.24) is 14.7 Å². The van der Waals surface area contributed by atoms with Gasteiger partial charge in [-0.2, -0.15) is 5.10 Å². The van der Waals surface area contributed by atoms with E-state index in [0.29, 0.717) is 6.04 Å². The highest BCUT2D eigenvalue weighted by atomic mass is 16.5. The lowest BCUT2D eigenvalue weighted by Gasteiger charge is -2.35. The van der Waals surface area contributed by atoms with E-state index in [1.807, 2.05) is 17.9 Å². The van der Waals surface area contributed by atoms with Crippen molar-refractivity contribution >= 4 is 11.5 Å². The summed E-state index contributed by atoms with van der Waals surface area (Å²) in [5.41, 5.74) is 2.51. The van der Waals surface area contributed by atoms with Gasteiger partial charge in [-0.1, -0.05) is 6.08 Å². The van der Waals surface area contributed by atoms with Crippen molar-refractivity contribution < 1.29 is 9.53 Å². The summed E-state index contributed by atoms with van der Waals surface area (Å²) in [5, 5.41) is 4.25. The molecule has 2 saturated heterocycles. The van der Waals surface area contributed by atoms with E-state index in [2.05, 4.69) is 22.1 Å². The third kappa shape index (κ3) is 2.11. The molecule has 5 heteroatoms. The Morgan fingerprint density at radius 3 is 2.95 bits per heavy atom. The number of amides is 1. The molecule has 0 spiro atoms. The molecule has 0 aliphatic carbocycles. The molecule has 1 aromatic rings. The average molecular weight is 287 g/mol. The molecular weight excluding hydrogens is 266 g/mol. The number of fused-ring (bicyclic) bond motifs is 2. The van der Waals surface area contributed by atoms with Crippen LogP contribution in [-0.4, -0.2) is 45.4 Å². The van der Waals surface area contributed by atoms with Crippen molar-refractivity contribution in [3.63, 3.8) is 0 Å². The number of nitrogens with zero attached hydrogens (tertiary/aromatic N) is 3. The molecule has 0 aromatic carbocycles. The van der Waals surface area contributed by atoms with Crippen LogP contribution in [-0.2, 0) is 16.6 Å². The molecular formula is C16H21N3O2. The zero-order chi connectivity index (χ0) is 14.4. The van der Waals surface area contributed by atoms with E-state index < -0.39 is 0 Å². The Labute approximate surface area is 124 Å². The first-order valence-electron chi connectivity index (χ1n) is 7.87. The summed E-state index contributed by atoms with van der Waals surface area (Å²) in [5.74, 6) is 0.209. The molecule has 2 fully saturated rings. The van der Waals surface area contributed by atoms with E-state index >= 15 is 0 Å². The topological polar surface area (TPSA) is 47.4 Å². The van der Waals surface area contributed by atoms with Gasteiger partial charge in [0, 0.05) is 25.9 Å². The maximum Gasteiger partial charge on any atom is 0.252 e. The van der Waals surface area contributed by atoms with E-state index in [1.165, 1.54) is 11.3 Å². The minimum Gasteiger partial charge on any atom is -0.368 e. The summed E-state index contributed by atoms with van der Waals surface area (Å²) in [4.78, 5) is 14.8. The number of aromatic nitrogens is 2. The summed E-state index contributed by atoms with van der Waals surface area (Å²) < 4.78 is 7.50. The van der Waals surface area contributed by atoms with Crippen LogP contribution in [0.25, 0.3) is 5.57 Å². The summed E-state index contributed by atoms with van der Waals surface area (Å²) in [6, 6.07) is 2.63. The molecule has 1 amide bonds. The highest BCUT2D eigenvalue weighted by Gasteiger charge is 2.43. The maximum atomic E-state index is 12.7. The Balaban J connectivity index is 1.59. The van der Waals surface area contributed by atoms with Gasteiger partial charge in [0.05, 0.1) is 11.7 Å². The van der Waals surface area contributed by atoms with Gasteiger partial charge in [-0.3, -0.25) is 9.48 Å². The fourth-order valence-electron chi connectivity index (χ4n) is 3.99. The van der Waals surface area contributed by atoms with Crippen LogP contribution in [0.15, 0.2) is 18.3 Å². The fraction of sp³-hybridized carbons (Fsp3) is 0.625. The van der Waals surface area contributed by atoms with E-state index in [9.17, 15) is 4.79 Å². The second-order valence-electron chi connectivity index (χ2n) is 6.28. The predicted octanol–water partition coefficient (Wildman–Crippen LogP) is 1.75. The number of hydrogen-bond donors (Lipinski definition) is 0. The summed E-state index contributed by atoms with van der Waals surface area (Å²) in [7, 11) is 1.97. The van der Waals surface area contributed by atoms with Gasteiger partial charge in [-0.15, -0.1) is 0 Å². The van der Waals surface area contributed by atoms with E-state index in [0.717, 1.165) is 38.7 Å². The number of aryl methyl sites for hydroxylation is 1. The first kappa shape index (κ1) is 13.1. The molecule has 1 aromatic heterocycles. The number of rotatable bonds is 2. The van der Waals surface area contributed by atoms with E-state index in [4.69, 9.17) is 4.74 Å². The summed E-state index contributed by atoms with van der Waals surface area (Å²) >= 11 is 0. The van der Waals surface area contributed by atoms with Crippen LogP contribution in [0.2, 0.25) is 0 Å². The second kappa shape index (κ2) is 4.98. The van der Waals surface area contributed by atoms with Crippen LogP contribution >= 0.6 is 0 Å². The van der Waals surface area contributed by atoms with Gasteiger partial charge in [0.2, 0.25) is 0 Å². The quantitative estimate of drug-likeness (QED) is 0.832. The first-order chi connectivity index (χ1) is 10.2. The molecule has 3 atom stereocenters. The minimum absolute atomic E-state index is 0.195. The van der Waals surface area contributed by atoms with E-state index in [1.54, 1.807) is 0 Å². The minimum atomic E-state index is -0.195. The molecule has 0 saturated carbocycles. The molecule has 112 valence electrons. The zero-order valence-corrected chi connectivity index (χ0v) is 12.4. The Morgan fingerprint density at radius 1 is 1.38 bits per heavy atom. The van der Waals surface area contributed by atoms with Crippen LogP contribution in [0, 0.1) is 0 Å². The Bertz CT molecular complexity index is 586. The molecule has 4 heterocycles. The first-order valence-corrected chi connectivity index (χ1v) is 7.87. The van der Waals surface area contributed by atoms with Crippen molar-refractivity contribution in [3.05, 3.63) is 24.0 Å². The number of carbonyl (C=O) groups excluding carboxylic acids is 1. The van der Waals surface area contributed by atoms with Gasteiger partial charge in [0.15, 0.2) is 0 Å². The van der Waals surface area contributed by atoms with Gasteiger partial charge in [0.1, 0.15) is 6.10 Å². The maximum absolute atomic E-state index is 12.7. The SMILES string of the molecule is Cn1nccc1C1=CC2CCC(C1)N2C(=O)[C@@H]1CCCO1. The average Bonchev–Trinajstić information content (AvgIpc) is 3.19. The molecule has 3 aliphatic heterocycles. The van der Waals surface area contributed by atoms with Crippen LogP contribution in [0.4, 0.5) is 0 Å². The number of hydrogen-bond acceptors (Lipinski definition) is 3. The molecule has 2 bridgehead atoms. The monoisotopic (exact) mass is 287 g/mol. The molecule has 0 N–H and O–H groups in total. The van der Waals surface area contributed by atoms with Crippen LogP contribution < -0.4 is 0 Å². The van der Waals surface area contributed by atoms with Crippen molar-refractivity contribution in [3.8, 4) is 0 Å². The second-order valence-corrected chi connectivity index (χ2v) is 6.28. The summed E-state index contributed by atoms with van der Waals surface area (Å²) in [6.45, 7) is 0.732. The number of carbonyl (C=O) groups is 1. The highest BCUT2D eigenvalue weighted by Crippen LogP contribution is 2.39. The van der Waals surface area contributed by atoms with Crippen molar-refractivity contribution in [2.45, 2.75) is 50.3 Å². The van der Waals surface area contributed by atoms with Gasteiger partial charge in [-0.25, -0.2) is 0 Å². The summed E-state index contributed by atoms with van der Waals surface area (Å²) in [6.07, 6.45) is 8.91. The standard InChI is InChI=1S/C16H21N3O2/c1-18-14(6-7-17-18)11-9-12-4-5-13(10-11)19(12)16(20)15-3-2-8-21-15/h6-7,9,12-13,15H,2-5,8,10H2,1H3/t12?,13?,15-/m0/s1. The van der Waals surface area contributed by atoms with Gasteiger partial charge in [0.25, 0.3) is 5.91 Å². The van der Waals surface area contributed by atoms with Gasteiger partial charge >= 0.3 is 0 Å². The van der Waals surface area contributed by atoms with Crippen molar-refractivity contribution in [2.75, 3.05) is 6.61 Å². The lowest BCUT2D eigenvalue weighted by Crippen LogP contribution is -2.47. The van der Waals surface area contributed by atoms with Crippen molar-refractivity contribution in [1.29, 1.82) is 0 Å². The van der Waals surface area contributed by atoms with Crippen LogP contribution in [0.3, 0.4) is 0 Å². The van der Waals surface area contributed by atoms with Crippen LogP contribution in [0.5, 0.6) is 0 Å². The third-order valence-corrected chi connectivity index (χ3v) is 5.00. The zero-order valence-electron chi connectivity index (χ0n) is 12.4. The molecule has 0 radical (unpaired) electrons. The highest BCUT2D eigenvalue weighted by molar-refractivity contribution is 5.84. The number of ether oxygens (including phenoxy) is 1. The smallest absolute Gasteiger partial charge is 0.252 e. The molecule has 3 aliphatic rings. The van der Waals surface area contributed by atoms with Crippen LogP contribution in [0.1, 0.15) is 37.8 Å². The Morgan fingerprint density at radius 2 is 2.29 bits per heavy atom. The van der Waals surface area contributed by atoms with Gasteiger partial charge in [-0.05, 0) is 43.7 Å². The molecule has 2 unspecified atom stereocenters. The fourth-order valence-corrected chi connectivity index (χ4v) is 3.99. The van der Waals surface area contributed by atoms with Crippen molar-refractivity contribution in [2.24, 2.45) is 7.05 Å². The molecule has 21 heavy (non-hydrogen) atoms.